The van der Waals surface area contributed by atoms with Crippen LogP contribution in [-0.4, -0.2) is 12.5 Å². The molecule has 100 valence electrons. The van der Waals surface area contributed by atoms with Gasteiger partial charge in [-0.25, -0.2) is 4.99 Å². The van der Waals surface area contributed by atoms with E-state index < -0.39 is 0 Å². The van der Waals surface area contributed by atoms with Gasteiger partial charge in [0.15, 0.2) is 5.96 Å². The van der Waals surface area contributed by atoms with Crippen LogP contribution in [0.1, 0.15) is 12.5 Å². The fourth-order valence-corrected chi connectivity index (χ4v) is 1.85. The molecule has 0 amide bonds. The van der Waals surface area contributed by atoms with Crippen LogP contribution in [0.5, 0.6) is 0 Å². The van der Waals surface area contributed by atoms with E-state index in [1.807, 2.05) is 25.1 Å². The van der Waals surface area contributed by atoms with Gasteiger partial charge < -0.3 is 11.1 Å². The summed E-state index contributed by atoms with van der Waals surface area (Å²) >= 11 is 9.42. The summed E-state index contributed by atoms with van der Waals surface area (Å²) in [5, 5.41) is 3.64. The zero-order chi connectivity index (χ0) is 12.8. The van der Waals surface area contributed by atoms with Gasteiger partial charge >= 0.3 is 0 Å². The number of hydrogen-bond acceptors (Lipinski definition) is 1. The van der Waals surface area contributed by atoms with Gasteiger partial charge in [-0.1, -0.05) is 45.7 Å². The largest absolute Gasteiger partial charge is 0.370 e. The molecule has 1 aromatic rings. The van der Waals surface area contributed by atoms with Gasteiger partial charge in [-0.2, -0.15) is 0 Å². The quantitative estimate of drug-likeness (QED) is 0.322. The molecule has 0 atom stereocenters. The van der Waals surface area contributed by atoms with Crippen LogP contribution in [0, 0.1) is 0 Å². The van der Waals surface area contributed by atoms with Crippen molar-refractivity contribution >= 4 is 57.5 Å². The number of aliphatic imine (C=N–C) groups is 1. The summed E-state index contributed by atoms with van der Waals surface area (Å²) in [5.74, 6) is 0.395. The van der Waals surface area contributed by atoms with Crippen molar-refractivity contribution in [1.29, 1.82) is 0 Å². The molecular weight excluding hydrogens is 428 g/mol. The van der Waals surface area contributed by atoms with Crippen molar-refractivity contribution in [3.05, 3.63) is 45.4 Å². The topological polar surface area (TPSA) is 50.4 Å². The third-order valence-electron chi connectivity index (χ3n) is 2.01. The van der Waals surface area contributed by atoms with E-state index in [4.69, 9.17) is 17.3 Å². The zero-order valence-electron chi connectivity index (χ0n) is 10.0. The molecule has 0 radical (unpaired) electrons. The molecule has 6 heteroatoms. The summed E-state index contributed by atoms with van der Waals surface area (Å²) in [6, 6.07) is 5.68. The Bertz CT molecular complexity index is 449. The van der Waals surface area contributed by atoms with Gasteiger partial charge in [0.1, 0.15) is 0 Å². The molecule has 0 fully saturated rings. The van der Waals surface area contributed by atoms with Gasteiger partial charge in [0, 0.05) is 16.0 Å². The number of nitrogens with two attached hydrogens (primary N) is 1. The Balaban J connectivity index is 0.00000289. The highest BCUT2D eigenvalue weighted by Gasteiger charge is 2.00. The van der Waals surface area contributed by atoms with Crippen LogP contribution in [0.2, 0.25) is 5.02 Å². The van der Waals surface area contributed by atoms with Gasteiger partial charge in [0.2, 0.25) is 0 Å². The Labute approximate surface area is 138 Å². The smallest absolute Gasteiger partial charge is 0.189 e. The average Bonchev–Trinajstić information content (AvgIpc) is 2.25. The maximum Gasteiger partial charge on any atom is 0.189 e. The fraction of sp³-hybridized carbons (Fsp3) is 0.250. The zero-order valence-corrected chi connectivity index (χ0v) is 14.7. The Morgan fingerprint density at radius 2 is 2.22 bits per heavy atom. The second kappa shape index (κ2) is 8.77. The fourth-order valence-electron chi connectivity index (χ4n) is 1.12. The van der Waals surface area contributed by atoms with E-state index in [1.165, 1.54) is 0 Å². The van der Waals surface area contributed by atoms with E-state index in [0.717, 1.165) is 15.6 Å². The second-order valence-electron chi connectivity index (χ2n) is 3.75. The van der Waals surface area contributed by atoms with Crippen LogP contribution in [0.3, 0.4) is 0 Å². The summed E-state index contributed by atoms with van der Waals surface area (Å²) in [4.78, 5) is 4.20. The van der Waals surface area contributed by atoms with Crippen molar-refractivity contribution in [2.45, 2.75) is 13.5 Å². The number of guanidine groups is 1. The Morgan fingerprint density at radius 3 is 2.78 bits per heavy atom. The number of hydrogen-bond donors (Lipinski definition) is 2. The molecular formula is C12H16BrClIN3. The molecule has 18 heavy (non-hydrogen) atoms. The molecule has 0 aliphatic heterocycles. The van der Waals surface area contributed by atoms with Crippen molar-refractivity contribution < 1.29 is 0 Å². The lowest BCUT2D eigenvalue weighted by molar-refractivity contribution is 0.940. The summed E-state index contributed by atoms with van der Waals surface area (Å²) in [5.41, 5.74) is 7.64. The van der Waals surface area contributed by atoms with Crippen LogP contribution < -0.4 is 11.1 Å². The summed E-state index contributed by atoms with van der Waals surface area (Å²) in [6.45, 7) is 6.78. The molecule has 0 unspecified atom stereocenters. The number of benzene rings is 1. The number of rotatable bonds is 4. The maximum atomic E-state index is 6.07. The molecule has 1 rings (SSSR count). The van der Waals surface area contributed by atoms with Gasteiger partial charge in [-0.05, 0) is 24.6 Å². The SMILES string of the molecule is C=C(C)CNC(N)=NCc1ccc(Br)cc1Cl.I. The minimum absolute atomic E-state index is 0. The first kappa shape index (κ1) is 17.7. The van der Waals surface area contributed by atoms with E-state index >= 15 is 0 Å². The van der Waals surface area contributed by atoms with Crippen LogP contribution in [0.25, 0.3) is 0 Å². The molecule has 0 aliphatic rings. The predicted molar refractivity (Wildman–Crippen MR) is 92.7 cm³/mol. The molecule has 3 nitrogen and oxygen atoms in total. The molecule has 0 saturated heterocycles. The van der Waals surface area contributed by atoms with Gasteiger partial charge in [-0.3, -0.25) is 0 Å². The van der Waals surface area contributed by atoms with Crippen molar-refractivity contribution in [2.24, 2.45) is 10.7 Å². The van der Waals surface area contributed by atoms with Crippen molar-refractivity contribution in [2.75, 3.05) is 6.54 Å². The highest BCUT2D eigenvalue weighted by atomic mass is 127. The highest BCUT2D eigenvalue weighted by molar-refractivity contribution is 14.0. The van der Waals surface area contributed by atoms with Crippen molar-refractivity contribution in [3.8, 4) is 0 Å². The standard InChI is InChI=1S/C12H15BrClN3.HI/c1-8(2)6-16-12(15)17-7-9-3-4-10(13)5-11(9)14;/h3-5H,1,6-7H2,2H3,(H3,15,16,17);1H. The highest BCUT2D eigenvalue weighted by Crippen LogP contribution is 2.21. The van der Waals surface area contributed by atoms with Crippen molar-refractivity contribution in [3.63, 3.8) is 0 Å². The van der Waals surface area contributed by atoms with E-state index in [2.05, 4.69) is 32.8 Å². The summed E-state index contributed by atoms with van der Waals surface area (Å²) < 4.78 is 0.948. The van der Waals surface area contributed by atoms with Crippen LogP contribution in [0.15, 0.2) is 39.8 Å². The second-order valence-corrected chi connectivity index (χ2v) is 5.07. The minimum Gasteiger partial charge on any atom is -0.370 e. The molecule has 0 aliphatic carbocycles. The lowest BCUT2D eigenvalue weighted by atomic mass is 10.2. The minimum atomic E-state index is 0. The molecule has 0 bridgehead atoms. The van der Waals surface area contributed by atoms with E-state index in [-0.39, 0.29) is 24.0 Å². The predicted octanol–water partition coefficient (Wildman–Crippen LogP) is 3.70. The average molecular weight is 445 g/mol. The Morgan fingerprint density at radius 1 is 1.56 bits per heavy atom. The van der Waals surface area contributed by atoms with Gasteiger partial charge in [0.05, 0.1) is 6.54 Å². The van der Waals surface area contributed by atoms with Crippen LogP contribution >= 0.6 is 51.5 Å². The van der Waals surface area contributed by atoms with Gasteiger partial charge in [-0.15, -0.1) is 24.0 Å². The normalized spacial score (nSPS) is 10.7. The lowest BCUT2D eigenvalue weighted by Gasteiger charge is -2.06. The van der Waals surface area contributed by atoms with Crippen LogP contribution in [-0.2, 0) is 6.54 Å². The molecule has 0 spiro atoms. The molecule has 3 N–H and O–H groups in total. The summed E-state index contributed by atoms with van der Waals surface area (Å²) in [7, 11) is 0. The summed E-state index contributed by atoms with van der Waals surface area (Å²) in [6.07, 6.45) is 0. The number of nitrogens with one attached hydrogen (secondary N) is 1. The third kappa shape index (κ3) is 6.61. The Hall–Kier alpha value is -0.270. The van der Waals surface area contributed by atoms with E-state index in [0.29, 0.717) is 24.1 Å². The van der Waals surface area contributed by atoms with Gasteiger partial charge in [0.25, 0.3) is 0 Å². The first-order valence-corrected chi connectivity index (χ1v) is 6.28. The first-order valence-electron chi connectivity index (χ1n) is 5.11. The van der Waals surface area contributed by atoms with E-state index in [9.17, 15) is 0 Å². The molecule has 0 aromatic heterocycles. The molecule has 1 aromatic carbocycles. The molecule has 0 saturated carbocycles. The monoisotopic (exact) mass is 443 g/mol. The first-order chi connectivity index (χ1) is 7.99. The third-order valence-corrected chi connectivity index (χ3v) is 2.85. The number of halogens is 3. The Kier molecular flexibility index (Phi) is 8.64. The lowest BCUT2D eigenvalue weighted by Crippen LogP contribution is -2.32. The number of nitrogens with zero attached hydrogens (tertiary/aromatic N) is 1. The van der Waals surface area contributed by atoms with Crippen LogP contribution in [0.4, 0.5) is 0 Å². The molecule has 0 heterocycles. The van der Waals surface area contributed by atoms with E-state index in [1.54, 1.807) is 0 Å². The maximum absolute atomic E-state index is 6.07. The van der Waals surface area contributed by atoms with Crippen molar-refractivity contribution in [1.82, 2.24) is 5.32 Å².